The van der Waals surface area contributed by atoms with Crippen LogP contribution in [0.2, 0.25) is 0 Å². The van der Waals surface area contributed by atoms with E-state index in [4.69, 9.17) is 10.5 Å². The van der Waals surface area contributed by atoms with E-state index < -0.39 is 5.91 Å². The minimum atomic E-state index is -0.449. The number of H-pyrrole nitrogens is 1. The highest BCUT2D eigenvalue weighted by atomic mass is 32.2. The molecule has 1 aromatic heterocycles. The van der Waals surface area contributed by atoms with Crippen molar-refractivity contribution in [3.05, 3.63) is 42.2 Å². The summed E-state index contributed by atoms with van der Waals surface area (Å²) in [5.41, 5.74) is 6.59. The maximum atomic E-state index is 11.8. The molecule has 6 nitrogen and oxygen atoms in total. The fourth-order valence-electron chi connectivity index (χ4n) is 1.65. The number of methoxy groups -OCH3 is 1. The van der Waals surface area contributed by atoms with E-state index in [-0.39, 0.29) is 11.7 Å². The van der Waals surface area contributed by atoms with E-state index in [1.54, 1.807) is 36.5 Å². The van der Waals surface area contributed by atoms with Gasteiger partial charge in [-0.2, -0.15) is 0 Å². The number of ether oxygens (including phenoxy) is 1. The molecule has 110 valence electrons. The number of carbonyl (C=O) groups is 2. The van der Waals surface area contributed by atoms with Crippen molar-refractivity contribution in [2.75, 3.05) is 18.6 Å². The molecule has 1 aromatic carbocycles. The van der Waals surface area contributed by atoms with Crippen LogP contribution < -0.4 is 15.8 Å². The van der Waals surface area contributed by atoms with E-state index >= 15 is 0 Å². The number of thioether (sulfide) groups is 1. The van der Waals surface area contributed by atoms with Crippen LogP contribution >= 0.6 is 11.8 Å². The van der Waals surface area contributed by atoms with Crippen LogP contribution in [-0.4, -0.2) is 29.7 Å². The number of aromatic nitrogens is 1. The third-order valence-corrected chi connectivity index (χ3v) is 3.70. The van der Waals surface area contributed by atoms with Crippen LogP contribution in [0.3, 0.4) is 0 Å². The SMILES string of the molecule is COc1cc(N)ccc1SCC(=O)NC(=O)c1ccc[nH]1. The predicted octanol–water partition coefficient (Wildman–Crippen LogP) is 1.65. The number of hydrogen-bond acceptors (Lipinski definition) is 5. The quantitative estimate of drug-likeness (QED) is 0.576. The molecule has 0 aliphatic carbocycles. The Balaban J connectivity index is 1.91. The molecule has 0 saturated heterocycles. The first-order valence-electron chi connectivity index (χ1n) is 6.14. The Morgan fingerprint density at radius 2 is 2.19 bits per heavy atom. The molecule has 0 unspecified atom stereocenters. The largest absolute Gasteiger partial charge is 0.496 e. The summed E-state index contributed by atoms with van der Waals surface area (Å²) in [6.07, 6.45) is 1.62. The number of nitrogen functional groups attached to an aromatic ring is 1. The van der Waals surface area contributed by atoms with Crippen molar-refractivity contribution in [2.24, 2.45) is 0 Å². The fourth-order valence-corrected chi connectivity index (χ4v) is 2.46. The molecule has 0 spiro atoms. The van der Waals surface area contributed by atoms with Gasteiger partial charge in [-0.25, -0.2) is 0 Å². The van der Waals surface area contributed by atoms with Crippen LogP contribution in [-0.2, 0) is 4.79 Å². The Morgan fingerprint density at radius 3 is 2.86 bits per heavy atom. The molecule has 0 fully saturated rings. The third-order valence-electron chi connectivity index (χ3n) is 2.64. The zero-order valence-corrected chi connectivity index (χ0v) is 12.2. The fraction of sp³-hybridized carbons (Fsp3) is 0.143. The molecular weight excluding hydrogens is 290 g/mol. The van der Waals surface area contributed by atoms with Crippen LogP contribution in [0.4, 0.5) is 5.69 Å². The van der Waals surface area contributed by atoms with Gasteiger partial charge < -0.3 is 15.5 Å². The minimum Gasteiger partial charge on any atom is -0.496 e. The summed E-state index contributed by atoms with van der Waals surface area (Å²) < 4.78 is 5.19. The molecule has 2 amide bonds. The molecular formula is C14H15N3O3S. The highest BCUT2D eigenvalue weighted by Gasteiger charge is 2.12. The van der Waals surface area contributed by atoms with Gasteiger partial charge in [0.2, 0.25) is 5.91 Å². The number of nitrogens with one attached hydrogen (secondary N) is 2. The first-order chi connectivity index (χ1) is 10.1. The highest BCUT2D eigenvalue weighted by Crippen LogP contribution is 2.30. The summed E-state index contributed by atoms with van der Waals surface area (Å²) >= 11 is 1.27. The monoisotopic (exact) mass is 305 g/mol. The number of carbonyl (C=O) groups excluding carboxylic acids is 2. The molecule has 0 saturated carbocycles. The van der Waals surface area contributed by atoms with E-state index in [0.29, 0.717) is 17.1 Å². The van der Waals surface area contributed by atoms with E-state index in [9.17, 15) is 9.59 Å². The van der Waals surface area contributed by atoms with Crippen molar-refractivity contribution in [3.8, 4) is 5.75 Å². The van der Waals surface area contributed by atoms with Crippen molar-refractivity contribution >= 4 is 29.3 Å². The van der Waals surface area contributed by atoms with Gasteiger partial charge in [0.05, 0.1) is 12.9 Å². The second kappa shape index (κ2) is 6.85. The zero-order chi connectivity index (χ0) is 15.2. The molecule has 0 aliphatic rings. The van der Waals surface area contributed by atoms with Crippen molar-refractivity contribution in [3.63, 3.8) is 0 Å². The summed E-state index contributed by atoms with van der Waals surface area (Å²) in [5, 5.41) is 2.31. The Hall–Kier alpha value is -2.41. The summed E-state index contributed by atoms with van der Waals surface area (Å²) in [5.74, 6) is -0.121. The summed E-state index contributed by atoms with van der Waals surface area (Å²) in [6.45, 7) is 0. The molecule has 0 bridgehead atoms. The van der Waals surface area contributed by atoms with Crippen LogP contribution in [0.5, 0.6) is 5.75 Å². The minimum absolute atomic E-state index is 0.104. The average molecular weight is 305 g/mol. The van der Waals surface area contributed by atoms with Gasteiger partial charge in [0, 0.05) is 22.8 Å². The van der Waals surface area contributed by atoms with Crippen LogP contribution in [0.15, 0.2) is 41.4 Å². The third kappa shape index (κ3) is 4.03. The summed E-state index contributed by atoms with van der Waals surface area (Å²) in [6, 6.07) is 8.47. The average Bonchev–Trinajstić information content (AvgIpc) is 3.00. The second-order valence-electron chi connectivity index (χ2n) is 4.16. The van der Waals surface area contributed by atoms with Crippen molar-refractivity contribution in [2.45, 2.75) is 4.90 Å². The molecule has 0 atom stereocenters. The van der Waals surface area contributed by atoms with Gasteiger partial charge >= 0.3 is 0 Å². The predicted molar refractivity (Wildman–Crippen MR) is 81.4 cm³/mol. The lowest BCUT2D eigenvalue weighted by atomic mass is 10.3. The molecule has 0 radical (unpaired) electrons. The van der Waals surface area contributed by atoms with Gasteiger partial charge in [0.1, 0.15) is 11.4 Å². The normalized spacial score (nSPS) is 10.1. The van der Waals surface area contributed by atoms with Gasteiger partial charge in [0.25, 0.3) is 5.91 Å². The van der Waals surface area contributed by atoms with Crippen molar-refractivity contribution in [1.82, 2.24) is 10.3 Å². The molecule has 7 heteroatoms. The van der Waals surface area contributed by atoms with E-state index in [1.807, 2.05) is 0 Å². The molecule has 1 heterocycles. The lowest BCUT2D eigenvalue weighted by molar-refractivity contribution is -0.117. The van der Waals surface area contributed by atoms with E-state index in [1.165, 1.54) is 18.9 Å². The van der Waals surface area contributed by atoms with Crippen molar-refractivity contribution in [1.29, 1.82) is 0 Å². The second-order valence-corrected chi connectivity index (χ2v) is 5.18. The Labute approximate surface area is 126 Å². The maximum Gasteiger partial charge on any atom is 0.274 e. The molecule has 2 aromatic rings. The van der Waals surface area contributed by atoms with Crippen LogP contribution in [0.25, 0.3) is 0 Å². The first-order valence-corrected chi connectivity index (χ1v) is 7.12. The number of benzene rings is 1. The number of rotatable bonds is 5. The van der Waals surface area contributed by atoms with Crippen LogP contribution in [0, 0.1) is 0 Å². The Bertz CT molecular complexity index is 641. The lowest BCUT2D eigenvalue weighted by Gasteiger charge is -2.08. The number of aromatic amines is 1. The van der Waals surface area contributed by atoms with Gasteiger partial charge in [-0.05, 0) is 24.3 Å². The maximum absolute atomic E-state index is 11.8. The standard InChI is InChI=1S/C14H15N3O3S/c1-20-11-7-9(15)4-5-12(11)21-8-13(18)17-14(19)10-3-2-6-16-10/h2-7,16H,8,15H2,1H3,(H,17,18,19). The molecule has 4 N–H and O–H groups in total. The lowest BCUT2D eigenvalue weighted by Crippen LogP contribution is -2.32. The summed E-state index contributed by atoms with van der Waals surface area (Å²) in [7, 11) is 1.54. The van der Waals surface area contributed by atoms with Crippen LogP contribution in [0.1, 0.15) is 10.5 Å². The number of imide groups is 1. The smallest absolute Gasteiger partial charge is 0.274 e. The molecule has 2 rings (SSSR count). The van der Waals surface area contributed by atoms with Gasteiger partial charge in [-0.15, -0.1) is 11.8 Å². The number of anilines is 1. The van der Waals surface area contributed by atoms with E-state index in [2.05, 4.69) is 10.3 Å². The van der Waals surface area contributed by atoms with Gasteiger partial charge in [0.15, 0.2) is 0 Å². The number of hydrogen-bond donors (Lipinski definition) is 3. The van der Waals surface area contributed by atoms with Crippen molar-refractivity contribution < 1.29 is 14.3 Å². The van der Waals surface area contributed by atoms with Gasteiger partial charge in [-0.3, -0.25) is 14.9 Å². The van der Waals surface area contributed by atoms with E-state index in [0.717, 1.165) is 4.90 Å². The molecule has 21 heavy (non-hydrogen) atoms. The Morgan fingerprint density at radius 1 is 1.38 bits per heavy atom. The highest BCUT2D eigenvalue weighted by molar-refractivity contribution is 8.00. The Kier molecular flexibility index (Phi) is 4.89. The first kappa shape index (κ1) is 15.0. The van der Waals surface area contributed by atoms with Gasteiger partial charge in [-0.1, -0.05) is 0 Å². The number of nitrogens with two attached hydrogens (primary N) is 1. The number of amides is 2. The summed E-state index contributed by atoms with van der Waals surface area (Å²) in [4.78, 5) is 27.0. The zero-order valence-electron chi connectivity index (χ0n) is 11.4. The molecule has 0 aliphatic heterocycles. The topological polar surface area (TPSA) is 97.2 Å².